The smallest absolute Gasteiger partial charge is 0.304 e. The molecule has 1 aromatic heterocycles. The van der Waals surface area contributed by atoms with Gasteiger partial charge in [-0.25, -0.2) is 4.98 Å². The number of ketones is 1. The Hall–Kier alpha value is -1.14. The Bertz CT molecular complexity index is 834. The van der Waals surface area contributed by atoms with Crippen LogP contribution in [0.2, 0.25) is 0 Å². The predicted octanol–water partition coefficient (Wildman–Crippen LogP) is 4.64. The topological polar surface area (TPSA) is 70.4 Å². The number of para-hydroxylation sites is 2. The van der Waals surface area contributed by atoms with Gasteiger partial charge in [0.25, 0.3) is 0 Å². The fourth-order valence-corrected chi connectivity index (χ4v) is 7.36. The molecule has 3 rings (SSSR count). The molecule has 0 fully saturated rings. The molecule has 2 heterocycles. The Morgan fingerprint density at radius 1 is 1.20 bits per heavy atom. The van der Waals surface area contributed by atoms with Gasteiger partial charge < -0.3 is 13.6 Å². The molecule has 2 aromatic rings. The lowest BCUT2D eigenvalue weighted by Crippen LogP contribution is -2.26. The van der Waals surface area contributed by atoms with Crippen LogP contribution in [0.1, 0.15) is 40.4 Å². The maximum absolute atomic E-state index is 13.8. The van der Waals surface area contributed by atoms with Crippen LogP contribution in [-0.4, -0.2) is 32.8 Å². The maximum Gasteiger partial charge on any atom is 0.355 e. The zero-order valence-electron chi connectivity index (χ0n) is 15.0. The number of nitrogens with zero attached hydrogens (tertiary/aromatic N) is 2. The Morgan fingerprint density at radius 3 is 2.36 bits per heavy atom. The summed E-state index contributed by atoms with van der Waals surface area (Å²) in [6.45, 7) is 8.76. The second-order valence-electron chi connectivity index (χ2n) is 6.66. The second kappa shape index (κ2) is 6.88. The van der Waals surface area contributed by atoms with E-state index in [9.17, 15) is 9.36 Å². The molecule has 1 aromatic carbocycles. The normalized spacial score (nSPS) is 20.6. The molecule has 0 saturated carbocycles. The number of carbonyl (C=O) groups is 1. The van der Waals surface area contributed by atoms with E-state index in [1.165, 1.54) is 18.7 Å². The third kappa shape index (κ3) is 3.43. The molecule has 6 nitrogen and oxygen atoms in total. The number of imidazole rings is 1. The van der Waals surface area contributed by atoms with Gasteiger partial charge in [-0.3, -0.25) is 9.36 Å². The van der Waals surface area contributed by atoms with Crippen molar-refractivity contribution >= 4 is 36.2 Å². The predicted molar refractivity (Wildman–Crippen MR) is 99.1 cm³/mol. The molecule has 0 saturated heterocycles. The van der Waals surface area contributed by atoms with Crippen molar-refractivity contribution in [2.24, 2.45) is 0 Å². The molecule has 0 aliphatic carbocycles. The average Bonchev–Trinajstić information content (AvgIpc) is 3.00. The standard InChI is InChI=1S/C17H23N2O4PS/c1-10(2)22-24(21,23-11(3)4)16-15(12(5)20)25-17-18-13-8-6-7-9-14(13)19(16)17/h6-11,15-16H,1-5H3/t15-,16-/m0/s1. The summed E-state index contributed by atoms with van der Waals surface area (Å²) in [5, 5.41) is 0.127. The van der Waals surface area contributed by atoms with E-state index in [0.29, 0.717) is 5.16 Å². The molecule has 0 amide bonds. The molecule has 2 atom stereocenters. The fraction of sp³-hybridized carbons (Fsp3) is 0.529. The Morgan fingerprint density at radius 2 is 1.80 bits per heavy atom. The molecule has 1 aliphatic rings. The molecule has 1 aliphatic heterocycles. The first kappa shape index (κ1) is 18.6. The Balaban J connectivity index is 2.19. The van der Waals surface area contributed by atoms with E-state index < -0.39 is 18.6 Å². The lowest BCUT2D eigenvalue weighted by atomic mass is 10.3. The average molecular weight is 382 g/mol. The van der Waals surface area contributed by atoms with Crippen molar-refractivity contribution in [3.63, 3.8) is 0 Å². The van der Waals surface area contributed by atoms with Crippen molar-refractivity contribution in [2.75, 3.05) is 0 Å². The number of fused-ring (bicyclic) bond motifs is 3. The van der Waals surface area contributed by atoms with Crippen LogP contribution in [0.3, 0.4) is 0 Å². The van der Waals surface area contributed by atoms with E-state index in [0.717, 1.165) is 11.0 Å². The van der Waals surface area contributed by atoms with Crippen molar-refractivity contribution in [3.05, 3.63) is 24.3 Å². The molecular formula is C17H23N2O4PS. The molecule has 0 unspecified atom stereocenters. The molecule has 0 N–H and O–H groups in total. The van der Waals surface area contributed by atoms with Crippen LogP contribution in [-0.2, 0) is 18.4 Å². The number of hydrogen-bond acceptors (Lipinski definition) is 6. The van der Waals surface area contributed by atoms with E-state index in [-0.39, 0.29) is 18.0 Å². The highest BCUT2D eigenvalue weighted by atomic mass is 32.2. The van der Waals surface area contributed by atoms with Gasteiger partial charge in [-0.05, 0) is 46.8 Å². The van der Waals surface area contributed by atoms with Gasteiger partial charge in [0.05, 0.1) is 23.2 Å². The highest BCUT2D eigenvalue weighted by Crippen LogP contribution is 2.67. The largest absolute Gasteiger partial charge is 0.355 e. The summed E-state index contributed by atoms with van der Waals surface area (Å²) in [5.41, 5.74) is 1.64. The minimum Gasteiger partial charge on any atom is -0.304 e. The zero-order chi connectivity index (χ0) is 18.4. The zero-order valence-corrected chi connectivity index (χ0v) is 16.7. The minimum absolute atomic E-state index is 0.0653. The van der Waals surface area contributed by atoms with Crippen molar-refractivity contribution < 1.29 is 18.4 Å². The fourth-order valence-electron chi connectivity index (χ4n) is 3.01. The van der Waals surface area contributed by atoms with Gasteiger partial charge in [0, 0.05) is 0 Å². The number of aromatic nitrogens is 2. The summed E-state index contributed by atoms with van der Waals surface area (Å²) in [6.07, 6.45) is -0.581. The molecule has 8 heteroatoms. The van der Waals surface area contributed by atoms with Gasteiger partial charge in [0.15, 0.2) is 10.9 Å². The summed E-state index contributed by atoms with van der Waals surface area (Å²) < 4.78 is 27.3. The summed E-state index contributed by atoms with van der Waals surface area (Å²) in [5.74, 6) is -0.785. The second-order valence-corrected chi connectivity index (χ2v) is 9.80. The first-order chi connectivity index (χ1) is 11.7. The van der Waals surface area contributed by atoms with Gasteiger partial charge >= 0.3 is 7.60 Å². The Labute approximate surface area is 151 Å². The van der Waals surface area contributed by atoms with Gasteiger partial charge in [-0.1, -0.05) is 23.9 Å². The van der Waals surface area contributed by atoms with Crippen molar-refractivity contribution in [3.8, 4) is 0 Å². The highest BCUT2D eigenvalue weighted by molar-refractivity contribution is 8.01. The van der Waals surface area contributed by atoms with Crippen molar-refractivity contribution in [1.29, 1.82) is 0 Å². The van der Waals surface area contributed by atoms with Crippen LogP contribution in [0, 0.1) is 0 Å². The first-order valence-electron chi connectivity index (χ1n) is 8.33. The number of benzene rings is 1. The third-order valence-electron chi connectivity index (χ3n) is 3.77. The lowest BCUT2D eigenvalue weighted by Gasteiger charge is -2.30. The van der Waals surface area contributed by atoms with Crippen LogP contribution in [0.4, 0.5) is 0 Å². The van der Waals surface area contributed by atoms with Crippen molar-refractivity contribution in [1.82, 2.24) is 9.55 Å². The van der Waals surface area contributed by atoms with Gasteiger partial charge in [0.2, 0.25) is 0 Å². The first-order valence-corrected chi connectivity index (χ1v) is 10.8. The summed E-state index contributed by atoms with van der Waals surface area (Å²) in [6, 6.07) is 7.62. The molecule has 136 valence electrons. The quantitative estimate of drug-likeness (QED) is 0.678. The van der Waals surface area contributed by atoms with Gasteiger partial charge in [-0.2, -0.15) is 0 Å². The number of hydrogen-bond donors (Lipinski definition) is 0. The molecular weight excluding hydrogens is 359 g/mol. The van der Waals surface area contributed by atoms with Gasteiger partial charge in [-0.15, -0.1) is 0 Å². The van der Waals surface area contributed by atoms with E-state index in [1.54, 1.807) is 0 Å². The monoisotopic (exact) mass is 382 g/mol. The number of carbonyl (C=O) groups excluding carboxylic acids is 1. The summed E-state index contributed by atoms with van der Waals surface area (Å²) in [4.78, 5) is 16.9. The maximum atomic E-state index is 13.8. The van der Waals surface area contributed by atoms with Crippen LogP contribution in [0.15, 0.2) is 29.4 Å². The Kier molecular flexibility index (Phi) is 5.13. The molecule has 0 bridgehead atoms. The number of rotatable bonds is 6. The van der Waals surface area contributed by atoms with Crippen LogP contribution in [0.25, 0.3) is 11.0 Å². The third-order valence-corrected chi connectivity index (χ3v) is 7.92. The summed E-state index contributed by atoms with van der Waals surface area (Å²) >= 11 is 1.33. The van der Waals surface area contributed by atoms with E-state index in [2.05, 4.69) is 4.98 Å². The summed E-state index contributed by atoms with van der Waals surface area (Å²) in [7, 11) is -3.61. The van der Waals surface area contributed by atoms with E-state index >= 15 is 0 Å². The van der Waals surface area contributed by atoms with E-state index in [1.807, 2.05) is 56.5 Å². The number of thioether (sulfide) groups is 1. The van der Waals surface area contributed by atoms with Crippen LogP contribution in [0.5, 0.6) is 0 Å². The minimum atomic E-state index is -3.61. The molecule has 0 spiro atoms. The van der Waals surface area contributed by atoms with E-state index in [4.69, 9.17) is 9.05 Å². The molecule has 25 heavy (non-hydrogen) atoms. The van der Waals surface area contributed by atoms with Crippen LogP contribution < -0.4 is 0 Å². The van der Waals surface area contributed by atoms with Crippen LogP contribution >= 0.6 is 19.4 Å². The van der Waals surface area contributed by atoms with Crippen molar-refractivity contribution in [2.45, 2.75) is 63.0 Å². The lowest BCUT2D eigenvalue weighted by molar-refractivity contribution is -0.116. The molecule has 0 radical (unpaired) electrons. The van der Waals surface area contributed by atoms with Gasteiger partial charge in [0.1, 0.15) is 11.0 Å². The SMILES string of the molecule is CC(=O)[C@@H]1Sc2nc3ccccc3n2[C@H]1P(=O)(OC(C)C)OC(C)C. The number of Topliss-reactive ketones (excluding diaryl/α,β-unsaturated/α-hetero) is 1. The highest BCUT2D eigenvalue weighted by Gasteiger charge is 2.52.